The number of ether oxygens (including phenoxy) is 2. The third kappa shape index (κ3) is 3.70. The Labute approximate surface area is 156 Å². The Morgan fingerprint density at radius 1 is 1.19 bits per heavy atom. The van der Waals surface area contributed by atoms with E-state index in [9.17, 15) is 9.50 Å². The van der Waals surface area contributed by atoms with Gasteiger partial charge in [0.15, 0.2) is 5.82 Å². The summed E-state index contributed by atoms with van der Waals surface area (Å²) >= 11 is 0. The Balaban J connectivity index is 1.79. The van der Waals surface area contributed by atoms with Gasteiger partial charge in [0.25, 0.3) is 0 Å². The lowest BCUT2D eigenvalue weighted by Gasteiger charge is -2.28. The quantitative estimate of drug-likeness (QED) is 0.763. The molecule has 6 nitrogen and oxygen atoms in total. The highest BCUT2D eigenvalue weighted by molar-refractivity contribution is 5.91. The first kappa shape index (κ1) is 17.6. The molecule has 0 amide bonds. The van der Waals surface area contributed by atoms with Gasteiger partial charge in [-0.1, -0.05) is 12.1 Å². The molecular weight excluding hydrogens is 349 g/mol. The standard InChI is InChI=1S/C20H20FN3O3/c1-24(11-14-12-26-8-9-27-14)20-16-10-13(21)6-7-17(16)22-19(23-20)15-4-2-3-5-18(15)25/h2-7,10,14,25H,8-9,11-12H2,1H3. The number of halogens is 1. The van der Waals surface area contributed by atoms with Gasteiger partial charge in [0.1, 0.15) is 17.4 Å². The molecule has 0 saturated carbocycles. The highest BCUT2D eigenvalue weighted by Crippen LogP contribution is 2.31. The molecule has 1 atom stereocenters. The van der Waals surface area contributed by atoms with Gasteiger partial charge < -0.3 is 19.5 Å². The number of phenols is 1. The molecule has 0 radical (unpaired) electrons. The van der Waals surface area contributed by atoms with Gasteiger partial charge in [-0.2, -0.15) is 0 Å². The number of aromatic nitrogens is 2. The van der Waals surface area contributed by atoms with E-state index in [-0.39, 0.29) is 17.7 Å². The molecule has 1 aliphatic heterocycles. The van der Waals surface area contributed by atoms with Gasteiger partial charge in [-0.25, -0.2) is 14.4 Å². The number of fused-ring (bicyclic) bond motifs is 1. The van der Waals surface area contributed by atoms with Crippen LogP contribution in [0.5, 0.6) is 5.75 Å². The van der Waals surface area contributed by atoms with Crippen molar-refractivity contribution in [2.75, 3.05) is 38.3 Å². The Hall–Kier alpha value is -2.77. The summed E-state index contributed by atoms with van der Waals surface area (Å²) in [6, 6.07) is 11.3. The van der Waals surface area contributed by atoms with Crippen molar-refractivity contribution in [3.8, 4) is 17.1 Å². The molecular formula is C20H20FN3O3. The summed E-state index contributed by atoms with van der Waals surface area (Å²) in [6.45, 7) is 2.21. The molecule has 1 saturated heterocycles. The fourth-order valence-corrected chi connectivity index (χ4v) is 3.19. The average molecular weight is 369 g/mol. The Morgan fingerprint density at radius 3 is 2.81 bits per heavy atom. The number of likely N-dealkylation sites (N-methyl/N-ethyl adjacent to an activating group) is 1. The largest absolute Gasteiger partial charge is 0.507 e. The minimum absolute atomic E-state index is 0.0871. The lowest BCUT2D eigenvalue weighted by molar-refractivity contribution is -0.0837. The van der Waals surface area contributed by atoms with Gasteiger partial charge in [-0.05, 0) is 30.3 Å². The summed E-state index contributed by atoms with van der Waals surface area (Å²) in [5.41, 5.74) is 1.13. The maximum absolute atomic E-state index is 13.9. The summed E-state index contributed by atoms with van der Waals surface area (Å²) in [4.78, 5) is 11.1. The van der Waals surface area contributed by atoms with E-state index in [1.54, 1.807) is 24.3 Å². The van der Waals surface area contributed by atoms with Crippen molar-refractivity contribution in [1.29, 1.82) is 0 Å². The maximum atomic E-state index is 13.9. The van der Waals surface area contributed by atoms with Crippen LogP contribution in [-0.2, 0) is 9.47 Å². The SMILES string of the molecule is CN(CC1COCCO1)c1nc(-c2ccccc2O)nc2ccc(F)cc12. The number of aromatic hydroxyl groups is 1. The van der Waals surface area contributed by atoms with Crippen molar-refractivity contribution in [3.63, 3.8) is 0 Å². The molecule has 2 aromatic carbocycles. The molecule has 140 valence electrons. The highest BCUT2D eigenvalue weighted by Gasteiger charge is 2.20. The Morgan fingerprint density at radius 2 is 2.04 bits per heavy atom. The molecule has 4 rings (SSSR count). The molecule has 2 heterocycles. The molecule has 3 aromatic rings. The lowest BCUT2D eigenvalue weighted by Crippen LogP contribution is -2.38. The van der Waals surface area contributed by atoms with E-state index < -0.39 is 0 Å². The van der Waals surface area contributed by atoms with Crippen molar-refractivity contribution < 1.29 is 19.0 Å². The van der Waals surface area contributed by atoms with Crippen LogP contribution >= 0.6 is 0 Å². The topological polar surface area (TPSA) is 67.7 Å². The van der Waals surface area contributed by atoms with Gasteiger partial charge in [-0.3, -0.25) is 0 Å². The molecule has 0 spiro atoms. The first-order chi connectivity index (χ1) is 13.1. The third-order valence-electron chi connectivity index (χ3n) is 4.51. The summed E-state index contributed by atoms with van der Waals surface area (Å²) < 4.78 is 25.0. The van der Waals surface area contributed by atoms with E-state index >= 15 is 0 Å². The fourth-order valence-electron chi connectivity index (χ4n) is 3.19. The zero-order chi connectivity index (χ0) is 18.8. The average Bonchev–Trinajstić information content (AvgIpc) is 2.68. The maximum Gasteiger partial charge on any atom is 0.165 e. The zero-order valence-electron chi connectivity index (χ0n) is 14.9. The smallest absolute Gasteiger partial charge is 0.165 e. The summed E-state index contributed by atoms with van der Waals surface area (Å²) in [7, 11) is 1.87. The van der Waals surface area contributed by atoms with Gasteiger partial charge in [0.05, 0.1) is 37.0 Å². The molecule has 0 bridgehead atoms. The van der Waals surface area contributed by atoms with Crippen molar-refractivity contribution >= 4 is 16.7 Å². The number of phenolic OH excluding ortho intramolecular Hbond substituents is 1. The van der Waals surface area contributed by atoms with Crippen LogP contribution in [0.25, 0.3) is 22.3 Å². The number of anilines is 1. The number of hydrogen-bond donors (Lipinski definition) is 1. The van der Waals surface area contributed by atoms with Crippen molar-refractivity contribution in [2.24, 2.45) is 0 Å². The van der Waals surface area contributed by atoms with Crippen LogP contribution < -0.4 is 4.90 Å². The van der Waals surface area contributed by atoms with Crippen LogP contribution in [0.3, 0.4) is 0 Å². The minimum Gasteiger partial charge on any atom is -0.507 e. The summed E-state index contributed by atoms with van der Waals surface area (Å²) in [5.74, 6) is 0.701. The first-order valence-electron chi connectivity index (χ1n) is 8.78. The van der Waals surface area contributed by atoms with Crippen molar-refractivity contribution in [3.05, 3.63) is 48.3 Å². The first-order valence-corrected chi connectivity index (χ1v) is 8.78. The molecule has 1 N–H and O–H groups in total. The van der Waals surface area contributed by atoms with E-state index in [0.717, 1.165) is 0 Å². The second-order valence-electron chi connectivity index (χ2n) is 6.50. The predicted octanol–water partition coefficient (Wildman–Crippen LogP) is 2.99. The van der Waals surface area contributed by atoms with Crippen LogP contribution in [0.2, 0.25) is 0 Å². The van der Waals surface area contributed by atoms with Crippen LogP contribution in [0, 0.1) is 5.82 Å². The molecule has 1 aliphatic rings. The minimum atomic E-state index is -0.353. The third-order valence-corrected chi connectivity index (χ3v) is 4.51. The summed E-state index contributed by atoms with van der Waals surface area (Å²) in [6.07, 6.45) is -0.0871. The zero-order valence-corrected chi connectivity index (χ0v) is 14.9. The molecule has 1 unspecified atom stereocenters. The molecule has 0 aliphatic carbocycles. The van der Waals surface area contributed by atoms with Gasteiger partial charge in [-0.15, -0.1) is 0 Å². The second-order valence-corrected chi connectivity index (χ2v) is 6.50. The summed E-state index contributed by atoms with van der Waals surface area (Å²) in [5, 5.41) is 10.8. The van der Waals surface area contributed by atoms with Crippen LogP contribution in [0.15, 0.2) is 42.5 Å². The monoisotopic (exact) mass is 369 g/mol. The Bertz CT molecular complexity index is 960. The van der Waals surface area contributed by atoms with Gasteiger partial charge in [0.2, 0.25) is 0 Å². The van der Waals surface area contributed by atoms with E-state index in [4.69, 9.17) is 9.47 Å². The number of hydrogen-bond acceptors (Lipinski definition) is 6. The van der Waals surface area contributed by atoms with Crippen LogP contribution in [0.4, 0.5) is 10.2 Å². The molecule has 7 heteroatoms. The lowest BCUT2D eigenvalue weighted by atomic mass is 10.1. The van der Waals surface area contributed by atoms with E-state index in [1.165, 1.54) is 12.1 Å². The second kappa shape index (κ2) is 7.46. The van der Waals surface area contributed by atoms with E-state index in [1.807, 2.05) is 18.0 Å². The Kier molecular flexibility index (Phi) is 4.87. The van der Waals surface area contributed by atoms with Gasteiger partial charge >= 0.3 is 0 Å². The highest BCUT2D eigenvalue weighted by atomic mass is 19.1. The molecule has 1 aromatic heterocycles. The van der Waals surface area contributed by atoms with Crippen LogP contribution in [-0.4, -0.2) is 54.6 Å². The molecule has 27 heavy (non-hydrogen) atoms. The number of para-hydroxylation sites is 1. The van der Waals surface area contributed by atoms with Crippen molar-refractivity contribution in [1.82, 2.24) is 9.97 Å². The van der Waals surface area contributed by atoms with Gasteiger partial charge in [0, 0.05) is 19.0 Å². The van der Waals surface area contributed by atoms with E-state index in [2.05, 4.69) is 9.97 Å². The number of benzene rings is 2. The fraction of sp³-hybridized carbons (Fsp3) is 0.300. The normalized spacial score (nSPS) is 17.2. The van der Waals surface area contributed by atoms with Crippen molar-refractivity contribution in [2.45, 2.75) is 6.10 Å². The number of nitrogens with zero attached hydrogens (tertiary/aromatic N) is 3. The number of rotatable bonds is 4. The van der Waals surface area contributed by atoms with Crippen LogP contribution in [0.1, 0.15) is 0 Å². The predicted molar refractivity (Wildman–Crippen MR) is 100 cm³/mol. The van der Waals surface area contributed by atoms with E-state index in [0.29, 0.717) is 54.5 Å². The molecule has 1 fully saturated rings.